The van der Waals surface area contributed by atoms with Crippen molar-refractivity contribution < 1.29 is 14.3 Å². The number of hydrogen-bond acceptors (Lipinski definition) is 5. The van der Waals surface area contributed by atoms with Gasteiger partial charge in [-0.25, -0.2) is 4.99 Å². The number of rotatable bonds is 4. The predicted molar refractivity (Wildman–Crippen MR) is 113 cm³/mol. The van der Waals surface area contributed by atoms with E-state index in [2.05, 4.69) is 10.3 Å². The van der Waals surface area contributed by atoms with Crippen molar-refractivity contribution in [1.29, 1.82) is 0 Å². The SMILES string of the molecule is COc1cccc(NC(=O)[C@@H]2CC(=O)N(C)C(=Nc3ccc(C)c(C)c3)S2)c1. The molecule has 146 valence electrons. The van der Waals surface area contributed by atoms with Crippen LogP contribution in [0.4, 0.5) is 11.4 Å². The fraction of sp³-hybridized carbons (Fsp3) is 0.286. The Morgan fingerprint density at radius 3 is 2.71 bits per heavy atom. The van der Waals surface area contributed by atoms with E-state index in [0.29, 0.717) is 16.6 Å². The van der Waals surface area contributed by atoms with E-state index >= 15 is 0 Å². The second kappa shape index (κ2) is 8.48. The van der Waals surface area contributed by atoms with Gasteiger partial charge in [0.15, 0.2) is 5.17 Å². The maximum absolute atomic E-state index is 12.7. The lowest BCUT2D eigenvalue weighted by atomic mass is 10.1. The van der Waals surface area contributed by atoms with Gasteiger partial charge in [-0.15, -0.1) is 0 Å². The van der Waals surface area contributed by atoms with Crippen molar-refractivity contribution >= 4 is 40.1 Å². The van der Waals surface area contributed by atoms with Crippen LogP contribution in [0, 0.1) is 13.8 Å². The fourth-order valence-corrected chi connectivity index (χ4v) is 3.79. The molecule has 0 bridgehead atoms. The number of amides is 2. The summed E-state index contributed by atoms with van der Waals surface area (Å²) in [5.74, 6) is 0.293. The molecule has 0 aromatic heterocycles. The van der Waals surface area contributed by atoms with Crippen molar-refractivity contribution in [2.24, 2.45) is 4.99 Å². The van der Waals surface area contributed by atoms with Gasteiger partial charge >= 0.3 is 0 Å². The van der Waals surface area contributed by atoms with Crippen LogP contribution in [0.2, 0.25) is 0 Å². The fourth-order valence-electron chi connectivity index (χ4n) is 2.73. The number of carbonyl (C=O) groups is 2. The summed E-state index contributed by atoms with van der Waals surface area (Å²) in [6.45, 7) is 4.06. The van der Waals surface area contributed by atoms with Crippen LogP contribution in [-0.2, 0) is 9.59 Å². The molecule has 2 aromatic carbocycles. The highest BCUT2D eigenvalue weighted by Crippen LogP contribution is 2.30. The molecule has 0 unspecified atom stereocenters. The van der Waals surface area contributed by atoms with Crippen LogP contribution in [0.5, 0.6) is 5.75 Å². The number of carbonyl (C=O) groups excluding carboxylic acids is 2. The van der Waals surface area contributed by atoms with Gasteiger partial charge < -0.3 is 10.1 Å². The number of hydrogen-bond donors (Lipinski definition) is 1. The Morgan fingerprint density at radius 1 is 1.21 bits per heavy atom. The molecule has 0 saturated carbocycles. The summed E-state index contributed by atoms with van der Waals surface area (Å²) in [5.41, 5.74) is 3.70. The standard InChI is InChI=1S/C21H23N3O3S/c1-13-8-9-16(10-14(13)2)23-21-24(3)19(25)12-18(28-21)20(26)22-15-6-5-7-17(11-15)27-4/h5-11,18H,12H2,1-4H3,(H,22,26)/t18-/m0/s1. The highest BCUT2D eigenvalue weighted by Gasteiger charge is 2.34. The van der Waals surface area contributed by atoms with Gasteiger partial charge in [0.1, 0.15) is 11.0 Å². The van der Waals surface area contributed by atoms with Gasteiger partial charge in [-0.3, -0.25) is 14.5 Å². The van der Waals surface area contributed by atoms with Crippen LogP contribution in [0.15, 0.2) is 47.5 Å². The number of nitrogens with one attached hydrogen (secondary N) is 1. The average Bonchev–Trinajstić information content (AvgIpc) is 2.68. The molecule has 1 saturated heterocycles. The quantitative estimate of drug-likeness (QED) is 0.849. The lowest BCUT2D eigenvalue weighted by molar-refractivity contribution is -0.128. The largest absolute Gasteiger partial charge is 0.497 e. The van der Waals surface area contributed by atoms with E-state index in [1.54, 1.807) is 38.4 Å². The first-order valence-electron chi connectivity index (χ1n) is 8.91. The third kappa shape index (κ3) is 4.54. The molecule has 0 spiro atoms. The van der Waals surface area contributed by atoms with Gasteiger partial charge in [-0.2, -0.15) is 0 Å². The van der Waals surface area contributed by atoms with E-state index in [1.165, 1.54) is 22.2 Å². The van der Waals surface area contributed by atoms with Crippen LogP contribution in [0.3, 0.4) is 0 Å². The van der Waals surface area contributed by atoms with Gasteiger partial charge in [0, 0.05) is 25.2 Å². The summed E-state index contributed by atoms with van der Waals surface area (Å²) in [7, 11) is 3.26. The maximum atomic E-state index is 12.7. The summed E-state index contributed by atoms with van der Waals surface area (Å²) in [6.07, 6.45) is 0.128. The Labute approximate surface area is 169 Å². The molecule has 1 N–H and O–H groups in total. The van der Waals surface area contributed by atoms with E-state index in [0.717, 1.165) is 11.3 Å². The molecule has 1 aliphatic heterocycles. The van der Waals surface area contributed by atoms with Crippen LogP contribution < -0.4 is 10.1 Å². The van der Waals surface area contributed by atoms with Crippen molar-refractivity contribution in [1.82, 2.24) is 4.90 Å². The summed E-state index contributed by atoms with van der Waals surface area (Å²) >= 11 is 1.30. The molecular weight excluding hydrogens is 374 g/mol. The smallest absolute Gasteiger partial charge is 0.238 e. The number of nitrogens with zero attached hydrogens (tertiary/aromatic N) is 2. The Kier molecular flexibility index (Phi) is 6.04. The minimum absolute atomic E-state index is 0.128. The lowest BCUT2D eigenvalue weighted by Crippen LogP contribution is -2.43. The molecule has 6 nitrogen and oxygen atoms in total. The summed E-state index contributed by atoms with van der Waals surface area (Å²) in [5, 5.41) is 2.83. The molecule has 3 rings (SSSR count). The number of ether oxygens (including phenoxy) is 1. The second-order valence-electron chi connectivity index (χ2n) is 6.65. The Balaban J connectivity index is 1.79. The topological polar surface area (TPSA) is 71.0 Å². The number of benzene rings is 2. The van der Waals surface area contributed by atoms with Crippen molar-refractivity contribution in [3.63, 3.8) is 0 Å². The van der Waals surface area contributed by atoms with Gasteiger partial charge in [0.25, 0.3) is 0 Å². The molecule has 1 aliphatic rings. The molecule has 7 heteroatoms. The zero-order valence-corrected chi connectivity index (χ0v) is 17.2. The third-order valence-corrected chi connectivity index (χ3v) is 5.85. The molecular formula is C21H23N3O3S. The monoisotopic (exact) mass is 397 g/mol. The Bertz CT molecular complexity index is 942. The molecule has 1 fully saturated rings. The minimum atomic E-state index is -0.541. The first-order valence-corrected chi connectivity index (χ1v) is 9.79. The van der Waals surface area contributed by atoms with E-state index in [1.807, 2.05) is 32.0 Å². The third-order valence-electron chi connectivity index (χ3n) is 4.61. The zero-order valence-electron chi connectivity index (χ0n) is 16.4. The summed E-state index contributed by atoms with van der Waals surface area (Å²) in [6, 6.07) is 13.0. The molecule has 0 aliphatic carbocycles. The average molecular weight is 398 g/mol. The summed E-state index contributed by atoms with van der Waals surface area (Å²) in [4.78, 5) is 31.2. The van der Waals surface area contributed by atoms with Gasteiger partial charge in [0.2, 0.25) is 11.8 Å². The van der Waals surface area contributed by atoms with Gasteiger partial charge in [0.05, 0.1) is 12.8 Å². The number of anilines is 1. The Morgan fingerprint density at radius 2 is 2.00 bits per heavy atom. The van der Waals surface area contributed by atoms with Crippen LogP contribution in [0.25, 0.3) is 0 Å². The van der Waals surface area contributed by atoms with E-state index < -0.39 is 5.25 Å². The number of aryl methyl sites for hydroxylation is 2. The van der Waals surface area contributed by atoms with Crippen LogP contribution >= 0.6 is 11.8 Å². The van der Waals surface area contributed by atoms with E-state index in [-0.39, 0.29) is 18.2 Å². The molecule has 1 atom stereocenters. The zero-order chi connectivity index (χ0) is 20.3. The van der Waals surface area contributed by atoms with Gasteiger partial charge in [-0.1, -0.05) is 23.9 Å². The predicted octanol–water partition coefficient (Wildman–Crippen LogP) is 3.90. The highest BCUT2D eigenvalue weighted by molar-refractivity contribution is 8.15. The molecule has 1 heterocycles. The van der Waals surface area contributed by atoms with E-state index in [4.69, 9.17) is 4.74 Å². The number of thioether (sulfide) groups is 1. The molecule has 28 heavy (non-hydrogen) atoms. The molecule has 0 radical (unpaired) electrons. The lowest BCUT2D eigenvalue weighted by Gasteiger charge is -2.28. The number of amidine groups is 1. The van der Waals surface area contributed by atoms with Crippen LogP contribution in [0.1, 0.15) is 17.5 Å². The van der Waals surface area contributed by atoms with Crippen LogP contribution in [-0.4, -0.2) is 41.3 Å². The second-order valence-corrected chi connectivity index (χ2v) is 7.82. The van der Waals surface area contributed by atoms with Crippen molar-refractivity contribution in [2.45, 2.75) is 25.5 Å². The first kappa shape index (κ1) is 19.9. The van der Waals surface area contributed by atoms with E-state index in [9.17, 15) is 9.59 Å². The van der Waals surface area contributed by atoms with Crippen molar-refractivity contribution in [3.8, 4) is 5.75 Å². The molecule has 2 amide bonds. The van der Waals surface area contributed by atoms with Crippen molar-refractivity contribution in [2.75, 3.05) is 19.5 Å². The minimum Gasteiger partial charge on any atom is -0.497 e. The number of aliphatic imine (C=N–C) groups is 1. The highest BCUT2D eigenvalue weighted by atomic mass is 32.2. The van der Waals surface area contributed by atoms with Gasteiger partial charge in [-0.05, 0) is 49.2 Å². The first-order chi connectivity index (χ1) is 13.4. The molecule has 2 aromatic rings. The Hall–Kier alpha value is -2.80. The number of methoxy groups -OCH3 is 1. The normalized spacial score (nSPS) is 18.3. The van der Waals surface area contributed by atoms with Crippen molar-refractivity contribution in [3.05, 3.63) is 53.6 Å². The maximum Gasteiger partial charge on any atom is 0.238 e. The summed E-state index contributed by atoms with van der Waals surface area (Å²) < 4.78 is 5.18.